The van der Waals surface area contributed by atoms with Gasteiger partial charge < -0.3 is 25.3 Å². The van der Waals surface area contributed by atoms with E-state index in [-0.39, 0.29) is 44.1 Å². The first-order valence-corrected chi connectivity index (χ1v) is 13.7. The summed E-state index contributed by atoms with van der Waals surface area (Å²) in [6.45, 7) is 6.13. The van der Waals surface area contributed by atoms with Crippen molar-refractivity contribution in [1.29, 1.82) is 0 Å². The molecule has 0 radical (unpaired) electrons. The van der Waals surface area contributed by atoms with E-state index in [1.165, 1.54) is 29.5 Å². The number of thiophene rings is 1. The number of primary amides is 1. The van der Waals surface area contributed by atoms with Gasteiger partial charge in [-0.3, -0.25) is 4.79 Å². The van der Waals surface area contributed by atoms with Gasteiger partial charge >= 0.3 is 6.09 Å². The summed E-state index contributed by atoms with van der Waals surface area (Å²) >= 11 is 1.39. The van der Waals surface area contributed by atoms with Crippen molar-refractivity contribution in [2.24, 2.45) is 5.73 Å². The number of nitrogens with one attached hydrogen (secondary N) is 1. The minimum absolute atomic E-state index is 0.0724. The molecule has 0 aliphatic carbocycles. The Labute approximate surface area is 239 Å². The Morgan fingerprint density at radius 2 is 1.73 bits per heavy atom. The van der Waals surface area contributed by atoms with Gasteiger partial charge in [0.25, 0.3) is 0 Å². The average Bonchev–Trinajstić information content (AvgIpc) is 3.37. The molecule has 0 spiro atoms. The first kappa shape index (κ1) is 29.8. The number of aromatic nitrogens is 2. The number of hydrogen-bond donors (Lipinski definition) is 2. The van der Waals surface area contributed by atoms with Crippen molar-refractivity contribution in [2.45, 2.75) is 32.8 Å². The molecule has 2 aromatic heterocycles. The summed E-state index contributed by atoms with van der Waals surface area (Å²) in [6, 6.07) is 10.3. The number of nitrogens with zero attached hydrogens (tertiary/aromatic N) is 2. The highest BCUT2D eigenvalue weighted by Crippen LogP contribution is 2.39. The van der Waals surface area contributed by atoms with E-state index in [2.05, 4.69) is 15.5 Å². The van der Waals surface area contributed by atoms with Gasteiger partial charge in [-0.05, 0) is 62.0 Å². The van der Waals surface area contributed by atoms with Crippen LogP contribution < -0.4 is 15.8 Å². The van der Waals surface area contributed by atoms with Crippen LogP contribution in [0.25, 0.3) is 32.6 Å². The number of alkyl carbamates (subject to hydrolysis) is 1. The van der Waals surface area contributed by atoms with E-state index in [9.17, 15) is 18.4 Å². The number of amides is 2. The number of halogens is 2. The van der Waals surface area contributed by atoms with E-state index in [0.717, 1.165) is 4.70 Å². The van der Waals surface area contributed by atoms with Crippen LogP contribution in [0, 0.1) is 11.6 Å². The van der Waals surface area contributed by atoms with Crippen LogP contribution in [0.2, 0.25) is 0 Å². The zero-order valence-electron chi connectivity index (χ0n) is 22.8. The number of carbonyl (C=O) groups excluding carboxylic acids is 2. The van der Waals surface area contributed by atoms with Crippen LogP contribution in [0.4, 0.5) is 13.6 Å². The largest absolute Gasteiger partial charge is 0.490 e. The van der Waals surface area contributed by atoms with Gasteiger partial charge in [0.05, 0.1) is 24.3 Å². The number of hydrogen-bond acceptors (Lipinski definition) is 8. The summed E-state index contributed by atoms with van der Waals surface area (Å²) in [5.74, 6) is -1.35. The van der Waals surface area contributed by atoms with Gasteiger partial charge in [-0.1, -0.05) is 6.07 Å². The molecule has 3 N–H and O–H groups in total. The predicted octanol–water partition coefficient (Wildman–Crippen LogP) is 5.25. The molecule has 41 heavy (non-hydrogen) atoms. The summed E-state index contributed by atoms with van der Waals surface area (Å²) in [7, 11) is 0. The Kier molecular flexibility index (Phi) is 9.46. The molecule has 0 atom stereocenters. The van der Waals surface area contributed by atoms with Gasteiger partial charge in [0.1, 0.15) is 41.0 Å². The maximum Gasteiger partial charge on any atom is 0.407 e. The fraction of sp³-hybridized carbons (Fsp3) is 0.310. The summed E-state index contributed by atoms with van der Waals surface area (Å²) < 4.78 is 46.4. The second-order valence-electron chi connectivity index (χ2n) is 10.0. The highest BCUT2D eigenvalue weighted by Gasteiger charge is 2.20. The number of nitrogens with two attached hydrogens (primary N) is 1. The van der Waals surface area contributed by atoms with E-state index in [1.807, 2.05) is 11.4 Å². The molecular formula is C29H30F2N4O5S. The van der Waals surface area contributed by atoms with Crippen molar-refractivity contribution in [3.05, 3.63) is 65.0 Å². The van der Waals surface area contributed by atoms with Crippen LogP contribution in [0.5, 0.6) is 5.75 Å². The summed E-state index contributed by atoms with van der Waals surface area (Å²) in [5.41, 5.74) is 6.64. The number of fused-ring (bicyclic) bond motifs is 1. The van der Waals surface area contributed by atoms with E-state index < -0.39 is 29.2 Å². The molecular weight excluding hydrogens is 554 g/mol. The fourth-order valence-corrected chi connectivity index (χ4v) is 4.87. The molecule has 0 unspecified atom stereocenters. The quantitative estimate of drug-likeness (QED) is 0.231. The average molecular weight is 585 g/mol. The Balaban J connectivity index is 1.46. The van der Waals surface area contributed by atoms with Crippen molar-refractivity contribution in [2.75, 3.05) is 26.4 Å². The second kappa shape index (κ2) is 13.0. The Hall–Kier alpha value is -4.16. The first-order valence-electron chi connectivity index (χ1n) is 12.8. The Morgan fingerprint density at radius 1 is 0.976 bits per heavy atom. The van der Waals surface area contributed by atoms with Crippen molar-refractivity contribution >= 4 is 33.4 Å². The van der Waals surface area contributed by atoms with E-state index >= 15 is 0 Å². The lowest BCUT2D eigenvalue weighted by Gasteiger charge is -2.19. The molecule has 216 valence electrons. The summed E-state index contributed by atoms with van der Waals surface area (Å²) in [6.07, 6.45) is -0.603. The number of ether oxygens (including phenoxy) is 3. The van der Waals surface area contributed by atoms with Gasteiger partial charge in [-0.25, -0.2) is 13.6 Å². The molecule has 4 rings (SSSR count). The monoisotopic (exact) mass is 584 g/mol. The molecule has 0 saturated heterocycles. The molecule has 0 saturated carbocycles. The summed E-state index contributed by atoms with van der Waals surface area (Å²) in [5, 5.41) is 13.8. The van der Waals surface area contributed by atoms with Crippen molar-refractivity contribution in [3.63, 3.8) is 0 Å². The van der Waals surface area contributed by atoms with Crippen LogP contribution in [0.15, 0.2) is 47.8 Å². The molecule has 12 heteroatoms. The third-order valence-corrected chi connectivity index (χ3v) is 6.57. The zero-order chi connectivity index (χ0) is 29.6. The summed E-state index contributed by atoms with van der Waals surface area (Å²) in [4.78, 5) is 22.9. The molecule has 2 amide bonds. The lowest BCUT2D eigenvalue weighted by atomic mass is 10.0. The lowest BCUT2D eigenvalue weighted by molar-refractivity contribution is -0.117. The number of carbonyl (C=O) groups is 2. The zero-order valence-corrected chi connectivity index (χ0v) is 23.6. The van der Waals surface area contributed by atoms with Gasteiger partial charge in [0.2, 0.25) is 5.91 Å². The first-order chi connectivity index (χ1) is 19.5. The molecule has 0 bridgehead atoms. The highest BCUT2D eigenvalue weighted by molar-refractivity contribution is 7.17. The highest BCUT2D eigenvalue weighted by atomic mass is 32.1. The minimum atomic E-state index is -0.588. The minimum Gasteiger partial charge on any atom is -0.490 e. The van der Waals surface area contributed by atoms with E-state index in [1.54, 1.807) is 39.0 Å². The molecule has 0 aliphatic rings. The third-order valence-electron chi connectivity index (χ3n) is 5.65. The molecule has 2 heterocycles. The van der Waals surface area contributed by atoms with Gasteiger partial charge in [0.15, 0.2) is 0 Å². The molecule has 4 aromatic rings. The predicted molar refractivity (Wildman–Crippen MR) is 152 cm³/mol. The maximum atomic E-state index is 15.0. The van der Waals surface area contributed by atoms with Gasteiger partial charge in [0, 0.05) is 29.1 Å². The van der Waals surface area contributed by atoms with E-state index in [4.69, 9.17) is 19.9 Å². The number of rotatable bonds is 11. The second-order valence-corrected chi connectivity index (χ2v) is 11.0. The van der Waals surface area contributed by atoms with Crippen molar-refractivity contribution < 1.29 is 32.6 Å². The molecule has 0 aliphatic heterocycles. The van der Waals surface area contributed by atoms with Crippen LogP contribution in [0.3, 0.4) is 0 Å². The van der Waals surface area contributed by atoms with Crippen LogP contribution >= 0.6 is 11.3 Å². The maximum absolute atomic E-state index is 15.0. The van der Waals surface area contributed by atoms with Crippen molar-refractivity contribution in [3.8, 4) is 28.3 Å². The topological polar surface area (TPSA) is 126 Å². The fourth-order valence-electron chi connectivity index (χ4n) is 3.98. The molecule has 9 nitrogen and oxygen atoms in total. The molecule has 2 aromatic carbocycles. The van der Waals surface area contributed by atoms with Crippen LogP contribution in [0.1, 0.15) is 26.3 Å². The SMILES string of the molecule is CC(C)(C)OC(=O)NCCOCCOc1cc(F)ccc1-c1nnc(-c2ccc(CC(N)=O)cc2F)c2ccsc12. The van der Waals surface area contributed by atoms with Crippen LogP contribution in [-0.4, -0.2) is 54.2 Å². The normalized spacial score (nSPS) is 11.4. The Morgan fingerprint density at radius 3 is 2.46 bits per heavy atom. The smallest absolute Gasteiger partial charge is 0.407 e. The van der Waals surface area contributed by atoms with Gasteiger partial charge in [-0.2, -0.15) is 0 Å². The molecule has 0 fully saturated rings. The third kappa shape index (κ3) is 7.95. The number of benzene rings is 2. The standard InChI is InChI=1S/C29H30F2N4O5S/c1-29(2,3)40-28(37)33-9-10-38-11-12-39-23-16-18(30)5-7-20(23)26-27-21(8-13-41-27)25(34-35-26)19-6-4-17(14-22(19)31)15-24(32)36/h4-8,13-14,16H,9-12,15H2,1-3H3,(H2,32,36)(H,33,37). The van der Waals surface area contributed by atoms with Gasteiger partial charge in [-0.15, -0.1) is 21.5 Å². The van der Waals surface area contributed by atoms with Crippen LogP contribution in [-0.2, 0) is 20.7 Å². The Bertz CT molecular complexity index is 1550. The van der Waals surface area contributed by atoms with E-state index in [0.29, 0.717) is 27.9 Å². The lowest BCUT2D eigenvalue weighted by Crippen LogP contribution is -2.34. The van der Waals surface area contributed by atoms with Crippen molar-refractivity contribution in [1.82, 2.24) is 15.5 Å².